The van der Waals surface area contributed by atoms with Crippen LogP contribution < -0.4 is 0 Å². The van der Waals surface area contributed by atoms with Crippen LogP contribution in [0.3, 0.4) is 0 Å². The van der Waals surface area contributed by atoms with Crippen LogP contribution in [0.15, 0.2) is 48.2 Å². The monoisotopic (exact) mass is 272 g/mol. The Morgan fingerprint density at radius 3 is 2.71 bits per heavy atom. The highest BCUT2D eigenvalue weighted by Crippen LogP contribution is 2.50. The van der Waals surface area contributed by atoms with E-state index in [2.05, 4.69) is 61.1 Å². The summed E-state index contributed by atoms with van der Waals surface area (Å²) < 4.78 is 2.37. The van der Waals surface area contributed by atoms with Gasteiger partial charge in [0.2, 0.25) is 5.71 Å². The number of allylic oxidation sites excluding steroid dienone is 1. The maximum absolute atomic E-state index is 2.38. The van der Waals surface area contributed by atoms with Gasteiger partial charge in [-0.3, -0.25) is 0 Å². The molecule has 21 heavy (non-hydrogen) atoms. The molecule has 0 spiro atoms. The van der Waals surface area contributed by atoms with Gasteiger partial charge in [-0.05, 0) is 47.6 Å². The molecule has 0 amide bonds. The lowest BCUT2D eigenvalue weighted by Crippen LogP contribution is -2.27. The molecule has 0 saturated heterocycles. The average molecular weight is 272 g/mol. The summed E-state index contributed by atoms with van der Waals surface area (Å²) in [5.41, 5.74) is 12.0. The Hall–Kier alpha value is -2.15. The third-order valence-corrected chi connectivity index (χ3v) is 5.37. The number of hydrogen-bond acceptors (Lipinski definition) is 0. The molecule has 0 bridgehead atoms. The maximum atomic E-state index is 2.38. The summed E-state index contributed by atoms with van der Waals surface area (Å²) >= 11 is 0. The van der Waals surface area contributed by atoms with Crippen molar-refractivity contribution >= 4 is 5.71 Å². The van der Waals surface area contributed by atoms with E-state index < -0.39 is 0 Å². The predicted octanol–water partition coefficient (Wildman–Crippen LogP) is 4.03. The molecule has 1 unspecified atom stereocenters. The maximum Gasteiger partial charge on any atom is 0.201 e. The molecule has 1 heterocycles. The molecule has 1 heteroatoms. The summed E-state index contributed by atoms with van der Waals surface area (Å²) in [7, 11) is 2.21. The molecule has 1 nitrogen and oxygen atoms in total. The van der Waals surface area contributed by atoms with Crippen LogP contribution in [0.2, 0.25) is 0 Å². The van der Waals surface area contributed by atoms with E-state index in [1.54, 1.807) is 16.7 Å². The number of aryl methyl sites for hydroxylation is 2. The molecular weight excluding hydrogens is 254 g/mol. The summed E-state index contributed by atoms with van der Waals surface area (Å²) in [5.74, 6) is 0.503. The largest absolute Gasteiger partial charge is 0.204 e. The zero-order valence-electron chi connectivity index (χ0n) is 12.5. The van der Waals surface area contributed by atoms with Crippen LogP contribution in [0.1, 0.15) is 34.6 Å². The van der Waals surface area contributed by atoms with Crippen LogP contribution >= 0.6 is 0 Å². The van der Waals surface area contributed by atoms with Crippen molar-refractivity contribution in [3.05, 3.63) is 70.4 Å². The second-order valence-corrected chi connectivity index (χ2v) is 6.51. The Bertz CT molecular complexity index is 867. The van der Waals surface area contributed by atoms with Crippen molar-refractivity contribution in [3.8, 4) is 11.1 Å². The molecule has 1 atom stereocenters. The Labute approximate surface area is 125 Å². The number of benzene rings is 2. The van der Waals surface area contributed by atoms with Crippen molar-refractivity contribution in [1.29, 1.82) is 0 Å². The quantitative estimate of drug-likeness (QED) is 0.637. The third kappa shape index (κ3) is 1.29. The van der Waals surface area contributed by atoms with Crippen molar-refractivity contribution in [2.45, 2.75) is 25.7 Å². The van der Waals surface area contributed by atoms with Crippen LogP contribution in [0.4, 0.5) is 0 Å². The van der Waals surface area contributed by atoms with Crippen molar-refractivity contribution in [3.63, 3.8) is 0 Å². The Balaban J connectivity index is 1.99. The zero-order valence-corrected chi connectivity index (χ0v) is 12.5. The standard InChI is InChI=1S/C20H18N/c1-12-5-3-7-15-16-8-4-6-13-9-10-14-11-21(2)20(17(12)15)19(14)18(13)16/h3-8,11,19H,9-10H2,1-2H3/q+1. The van der Waals surface area contributed by atoms with Crippen molar-refractivity contribution in [2.75, 3.05) is 7.05 Å². The molecule has 3 aliphatic rings. The molecule has 0 aromatic heterocycles. The van der Waals surface area contributed by atoms with E-state index in [0.29, 0.717) is 5.92 Å². The minimum atomic E-state index is 0.503. The van der Waals surface area contributed by atoms with Gasteiger partial charge < -0.3 is 0 Å². The fourth-order valence-electron chi connectivity index (χ4n) is 4.54. The van der Waals surface area contributed by atoms with Gasteiger partial charge in [0.15, 0.2) is 6.20 Å². The molecule has 0 fully saturated rings. The average Bonchev–Trinajstić information content (AvgIpc) is 2.83. The molecule has 2 aromatic carbocycles. The normalized spacial score (nSPS) is 21.0. The predicted molar refractivity (Wildman–Crippen MR) is 86.1 cm³/mol. The third-order valence-electron chi connectivity index (χ3n) is 5.37. The number of fused-ring (bicyclic) bond motifs is 3. The smallest absolute Gasteiger partial charge is 0.201 e. The zero-order chi connectivity index (χ0) is 14.1. The minimum absolute atomic E-state index is 0.503. The molecule has 102 valence electrons. The van der Waals surface area contributed by atoms with Crippen LogP contribution in [0, 0.1) is 6.92 Å². The summed E-state index contributed by atoms with van der Waals surface area (Å²) in [6.45, 7) is 2.25. The lowest BCUT2D eigenvalue weighted by molar-refractivity contribution is -0.419. The van der Waals surface area contributed by atoms with Crippen molar-refractivity contribution in [1.82, 2.24) is 0 Å². The molecule has 0 radical (unpaired) electrons. The summed E-state index contributed by atoms with van der Waals surface area (Å²) in [6.07, 6.45) is 4.77. The van der Waals surface area contributed by atoms with E-state index in [4.69, 9.17) is 0 Å². The second kappa shape index (κ2) is 3.73. The van der Waals surface area contributed by atoms with Gasteiger partial charge in [-0.1, -0.05) is 36.4 Å². The molecular formula is C20H18N+. The van der Waals surface area contributed by atoms with Gasteiger partial charge in [-0.25, -0.2) is 4.58 Å². The van der Waals surface area contributed by atoms with Gasteiger partial charge >= 0.3 is 0 Å². The van der Waals surface area contributed by atoms with Gasteiger partial charge in [0.1, 0.15) is 7.05 Å². The van der Waals surface area contributed by atoms with Crippen molar-refractivity contribution < 1.29 is 4.58 Å². The number of rotatable bonds is 0. The summed E-state index contributed by atoms with van der Waals surface area (Å²) in [5, 5.41) is 0. The molecule has 2 aliphatic carbocycles. The summed E-state index contributed by atoms with van der Waals surface area (Å²) in [6, 6.07) is 13.6. The first kappa shape index (κ1) is 11.5. The first-order valence-electron chi connectivity index (χ1n) is 7.78. The highest BCUT2D eigenvalue weighted by Gasteiger charge is 2.45. The SMILES string of the molecule is Cc1cccc2c1C1=[N+](C)C=C3CCc4cccc-2c4C31. The highest BCUT2D eigenvalue weighted by molar-refractivity contribution is 6.14. The minimum Gasteiger partial charge on any atom is -0.204 e. The fourth-order valence-corrected chi connectivity index (χ4v) is 4.54. The van der Waals surface area contributed by atoms with Crippen LogP contribution in [-0.4, -0.2) is 17.3 Å². The molecule has 5 rings (SSSR count). The molecule has 0 N–H and O–H groups in total. The van der Waals surface area contributed by atoms with Gasteiger partial charge in [0, 0.05) is 5.57 Å². The Morgan fingerprint density at radius 2 is 1.81 bits per heavy atom. The highest BCUT2D eigenvalue weighted by atomic mass is 15.0. The first-order valence-corrected chi connectivity index (χ1v) is 7.78. The molecule has 0 saturated carbocycles. The summed E-state index contributed by atoms with van der Waals surface area (Å²) in [4.78, 5) is 0. The topological polar surface area (TPSA) is 3.01 Å². The number of hydrogen-bond donors (Lipinski definition) is 0. The van der Waals surface area contributed by atoms with Gasteiger partial charge in [-0.2, -0.15) is 0 Å². The van der Waals surface area contributed by atoms with Crippen molar-refractivity contribution in [2.24, 2.45) is 0 Å². The van der Waals surface area contributed by atoms with E-state index >= 15 is 0 Å². The van der Waals surface area contributed by atoms with E-state index in [1.165, 1.54) is 40.8 Å². The van der Waals surface area contributed by atoms with Crippen LogP contribution in [0.25, 0.3) is 11.1 Å². The van der Waals surface area contributed by atoms with E-state index in [9.17, 15) is 0 Å². The van der Waals surface area contributed by atoms with E-state index in [0.717, 1.165) is 0 Å². The Kier molecular flexibility index (Phi) is 2.04. The van der Waals surface area contributed by atoms with Gasteiger partial charge in [0.05, 0.1) is 11.5 Å². The fraction of sp³-hybridized carbons (Fsp3) is 0.250. The van der Waals surface area contributed by atoms with Gasteiger partial charge in [-0.15, -0.1) is 0 Å². The van der Waals surface area contributed by atoms with E-state index in [1.807, 2.05) is 0 Å². The second-order valence-electron chi connectivity index (χ2n) is 6.51. The van der Waals surface area contributed by atoms with Crippen LogP contribution in [0.5, 0.6) is 0 Å². The van der Waals surface area contributed by atoms with Gasteiger partial charge in [0.25, 0.3) is 0 Å². The Morgan fingerprint density at radius 1 is 1.00 bits per heavy atom. The number of nitrogens with zero attached hydrogens (tertiary/aromatic N) is 1. The lowest BCUT2D eigenvalue weighted by Gasteiger charge is -2.31. The lowest BCUT2D eigenvalue weighted by atomic mass is 9.68. The van der Waals surface area contributed by atoms with Crippen LogP contribution in [-0.2, 0) is 6.42 Å². The van der Waals surface area contributed by atoms with E-state index in [-0.39, 0.29) is 0 Å². The molecule has 2 aromatic rings. The molecule has 1 aliphatic heterocycles. The first-order chi connectivity index (χ1) is 10.3.